The molecule has 3 rings (SSSR count). The Bertz CT molecular complexity index is 742. The first-order chi connectivity index (χ1) is 12.0. The molecule has 0 bridgehead atoms. The zero-order valence-electron chi connectivity index (χ0n) is 15.0. The van der Waals surface area contributed by atoms with Crippen molar-refractivity contribution in [2.45, 2.75) is 26.8 Å². The number of aromatic carboxylic acids is 1. The Labute approximate surface area is 148 Å². The van der Waals surface area contributed by atoms with Crippen molar-refractivity contribution in [2.75, 3.05) is 26.3 Å². The van der Waals surface area contributed by atoms with Gasteiger partial charge in [-0.2, -0.15) is 0 Å². The lowest BCUT2D eigenvalue weighted by atomic mass is 10.0. The number of ether oxygens (including phenoxy) is 1. The quantitative estimate of drug-likeness (QED) is 0.923. The molecule has 1 N–H and O–H groups in total. The molecule has 1 aliphatic rings. The molecule has 0 saturated carbocycles. The Balaban J connectivity index is 1.84. The van der Waals surface area contributed by atoms with Crippen molar-refractivity contribution in [1.82, 2.24) is 9.88 Å². The van der Waals surface area contributed by atoms with Crippen LogP contribution in [0.1, 0.15) is 40.1 Å². The number of aromatic nitrogens is 1. The summed E-state index contributed by atoms with van der Waals surface area (Å²) in [4.78, 5) is 18.2. The third kappa shape index (κ3) is 3.72. The van der Waals surface area contributed by atoms with Gasteiger partial charge >= 0.3 is 5.97 Å². The smallest absolute Gasteiger partial charge is 0.337 e. The van der Waals surface area contributed by atoms with Gasteiger partial charge in [0, 0.05) is 24.7 Å². The van der Waals surface area contributed by atoms with E-state index in [1.165, 1.54) is 5.56 Å². The minimum absolute atomic E-state index is 0.293. The molecular formula is C20H24N2O3. The van der Waals surface area contributed by atoms with Crippen LogP contribution in [0.5, 0.6) is 0 Å². The molecule has 1 saturated heterocycles. The lowest BCUT2D eigenvalue weighted by Gasteiger charge is -2.32. The minimum atomic E-state index is -0.927. The van der Waals surface area contributed by atoms with Crippen molar-refractivity contribution in [3.63, 3.8) is 0 Å². The van der Waals surface area contributed by atoms with Crippen LogP contribution in [0, 0.1) is 13.8 Å². The van der Waals surface area contributed by atoms with Crippen molar-refractivity contribution in [3.05, 3.63) is 52.7 Å². The summed E-state index contributed by atoms with van der Waals surface area (Å²) in [6.45, 7) is 9.28. The fourth-order valence-electron chi connectivity index (χ4n) is 3.41. The minimum Gasteiger partial charge on any atom is -0.478 e. The van der Waals surface area contributed by atoms with Crippen molar-refractivity contribution in [3.8, 4) is 11.3 Å². The van der Waals surface area contributed by atoms with Crippen LogP contribution in [0.2, 0.25) is 0 Å². The molecule has 1 aromatic carbocycles. The normalized spacial score (nSPS) is 16.6. The molecule has 2 heterocycles. The van der Waals surface area contributed by atoms with Gasteiger partial charge in [0.25, 0.3) is 0 Å². The van der Waals surface area contributed by atoms with Crippen molar-refractivity contribution in [2.24, 2.45) is 0 Å². The average molecular weight is 340 g/mol. The van der Waals surface area contributed by atoms with Crippen molar-refractivity contribution < 1.29 is 14.6 Å². The molecule has 1 unspecified atom stereocenters. The second kappa shape index (κ2) is 7.33. The topological polar surface area (TPSA) is 62.7 Å². The van der Waals surface area contributed by atoms with Gasteiger partial charge in [-0.25, -0.2) is 4.79 Å². The van der Waals surface area contributed by atoms with Crippen LogP contribution >= 0.6 is 0 Å². The van der Waals surface area contributed by atoms with Crippen molar-refractivity contribution in [1.29, 1.82) is 0 Å². The predicted molar refractivity (Wildman–Crippen MR) is 96.9 cm³/mol. The predicted octanol–water partition coefficient (Wildman–Crippen LogP) is 3.46. The monoisotopic (exact) mass is 340 g/mol. The zero-order chi connectivity index (χ0) is 18.0. The van der Waals surface area contributed by atoms with E-state index in [4.69, 9.17) is 4.74 Å². The molecule has 1 atom stereocenters. The van der Waals surface area contributed by atoms with Gasteiger partial charge in [0.05, 0.1) is 30.2 Å². The highest BCUT2D eigenvalue weighted by atomic mass is 16.5. The van der Waals surface area contributed by atoms with Crippen LogP contribution in [0.15, 0.2) is 30.3 Å². The van der Waals surface area contributed by atoms with Gasteiger partial charge in [0.1, 0.15) is 0 Å². The van der Waals surface area contributed by atoms with Gasteiger partial charge in [0.15, 0.2) is 0 Å². The summed E-state index contributed by atoms with van der Waals surface area (Å²) in [7, 11) is 0. The molecule has 0 radical (unpaired) electrons. The summed E-state index contributed by atoms with van der Waals surface area (Å²) in [5.41, 5.74) is 4.66. The van der Waals surface area contributed by atoms with Crippen LogP contribution < -0.4 is 0 Å². The number of rotatable bonds is 4. The Hall–Kier alpha value is -2.24. The number of morpholine rings is 1. The van der Waals surface area contributed by atoms with Crippen LogP contribution in [0.4, 0.5) is 0 Å². The van der Waals surface area contributed by atoms with E-state index >= 15 is 0 Å². The summed E-state index contributed by atoms with van der Waals surface area (Å²) < 4.78 is 5.42. The summed E-state index contributed by atoms with van der Waals surface area (Å²) in [5, 5.41) is 9.28. The highest BCUT2D eigenvalue weighted by Gasteiger charge is 2.19. The molecule has 0 aliphatic carbocycles. The molecule has 0 amide bonds. The molecule has 25 heavy (non-hydrogen) atoms. The number of carbonyl (C=O) groups is 1. The number of hydrogen-bond donors (Lipinski definition) is 1. The largest absolute Gasteiger partial charge is 0.478 e. The fourth-order valence-corrected chi connectivity index (χ4v) is 3.41. The molecule has 1 fully saturated rings. The van der Waals surface area contributed by atoms with Gasteiger partial charge in [0.2, 0.25) is 0 Å². The molecule has 132 valence electrons. The zero-order valence-corrected chi connectivity index (χ0v) is 15.0. The van der Waals surface area contributed by atoms with E-state index < -0.39 is 5.97 Å². The Morgan fingerprint density at radius 3 is 2.40 bits per heavy atom. The third-order valence-electron chi connectivity index (χ3n) is 4.89. The molecule has 5 heteroatoms. The number of pyridine rings is 1. The van der Waals surface area contributed by atoms with Gasteiger partial charge in [-0.05, 0) is 38.0 Å². The summed E-state index contributed by atoms with van der Waals surface area (Å²) in [6, 6.07) is 10.6. The van der Waals surface area contributed by atoms with Crippen LogP contribution in [-0.4, -0.2) is 47.3 Å². The maximum absolute atomic E-state index is 11.3. The Morgan fingerprint density at radius 2 is 1.84 bits per heavy atom. The average Bonchev–Trinajstić information content (AvgIpc) is 2.61. The van der Waals surface area contributed by atoms with E-state index in [9.17, 15) is 9.90 Å². The van der Waals surface area contributed by atoms with Crippen LogP contribution in [0.25, 0.3) is 11.3 Å². The van der Waals surface area contributed by atoms with Gasteiger partial charge in [-0.1, -0.05) is 24.3 Å². The van der Waals surface area contributed by atoms with E-state index in [1.54, 1.807) is 6.92 Å². The molecule has 0 spiro atoms. The second-order valence-electron chi connectivity index (χ2n) is 6.54. The SMILES string of the molecule is Cc1cc(-c2ccc(C(C)N3CCOCC3)cc2)nc(C)c1C(=O)O. The van der Waals surface area contributed by atoms with Gasteiger partial charge in [-0.15, -0.1) is 0 Å². The molecule has 5 nitrogen and oxygen atoms in total. The molecule has 1 aliphatic heterocycles. The summed E-state index contributed by atoms with van der Waals surface area (Å²) >= 11 is 0. The fraction of sp³-hybridized carbons (Fsp3) is 0.400. The van der Waals surface area contributed by atoms with E-state index in [2.05, 4.69) is 41.1 Å². The van der Waals surface area contributed by atoms with Crippen molar-refractivity contribution >= 4 is 5.97 Å². The van der Waals surface area contributed by atoms with E-state index in [-0.39, 0.29) is 0 Å². The third-order valence-corrected chi connectivity index (χ3v) is 4.89. The maximum atomic E-state index is 11.3. The van der Waals surface area contributed by atoms with Gasteiger partial charge in [-0.3, -0.25) is 9.88 Å². The molecule has 1 aromatic heterocycles. The van der Waals surface area contributed by atoms with E-state index in [0.29, 0.717) is 17.3 Å². The van der Waals surface area contributed by atoms with Gasteiger partial charge < -0.3 is 9.84 Å². The first-order valence-corrected chi connectivity index (χ1v) is 8.61. The van der Waals surface area contributed by atoms with Crippen LogP contribution in [0.3, 0.4) is 0 Å². The number of carboxylic acids is 1. The maximum Gasteiger partial charge on any atom is 0.337 e. The Morgan fingerprint density at radius 1 is 1.20 bits per heavy atom. The molecular weight excluding hydrogens is 316 g/mol. The summed E-state index contributed by atoms with van der Waals surface area (Å²) in [6.07, 6.45) is 0. The lowest BCUT2D eigenvalue weighted by Crippen LogP contribution is -2.37. The highest BCUT2D eigenvalue weighted by molar-refractivity contribution is 5.91. The standard InChI is InChI=1S/C20H24N2O3/c1-13-12-18(21-14(2)19(13)20(23)24)17-6-4-16(5-7-17)15(3)22-8-10-25-11-9-22/h4-7,12,15H,8-11H2,1-3H3,(H,23,24). The van der Waals surface area contributed by atoms with E-state index in [0.717, 1.165) is 43.1 Å². The summed E-state index contributed by atoms with van der Waals surface area (Å²) in [5.74, 6) is -0.927. The number of benzene rings is 1. The lowest BCUT2D eigenvalue weighted by molar-refractivity contribution is 0.0198. The second-order valence-corrected chi connectivity index (χ2v) is 6.54. The first kappa shape index (κ1) is 17.6. The number of nitrogens with zero attached hydrogens (tertiary/aromatic N) is 2. The number of aryl methyl sites for hydroxylation is 2. The highest BCUT2D eigenvalue weighted by Crippen LogP contribution is 2.26. The number of carboxylic acid groups (broad SMARTS) is 1. The number of hydrogen-bond acceptors (Lipinski definition) is 4. The Kier molecular flexibility index (Phi) is 5.16. The van der Waals surface area contributed by atoms with Crippen LogP contribution in [-0.2, 0) is 4.74 Å². The first-order valence-electron chi connectivity index (χ1n) is 8.61. The molecule has 2 aromatic rings. The van der Waals surface area contributed by atoms with E-state index in [1.807, 2.05) is 13.0 Å².